The first-order valence-electron chi connectivity index (χ1n) is 7.54. The highest BCUT2D eigenvalue weighted by Gasteiger charge is 2.12. The van der Waals surface area contributed by atoms with Gasteiger partial charge in [-0.05, 0) is 17.0 Å². The highest BCUT2D eigenvalue weighted by Crippen LogP contribution is 2.25. The molecule has 1 amide bonds. The zero-order valence-corrected chi connectivity index (χ0v) is 15.5. The predicted octanol–water partition coefficient (Wildman–Crippen LogP) is 4.52. The normalized spacial score (nSPS) is 11.8. The van der Waals surface area contributed by atoms with E-state index in [-0.39, 0.29) is 5.91 Å². The van der Waals surface area contributed by atoms with E-state index in [1.54, 1.807) is 16.7 Å². The maximum Gasteiger partial charge on any atom is 0.299 e. The molecule has 7 heteroatoms. The average Bonchev–Trinajstić information content (AvgIpc) is 3.38. The van der Waals surface area contributed by atoms with Crippen molar-refractivity contribution in [2.75, 3.05) is 0 Å². The number of hydrogen-bond acceptors (Lipinski definition) is 5. The van der Waals surface area contributed by atoms with Crippen molar-refractivity contribution in [3.8, 4) is 10.6 Å². The van der Waals surface area contributed by atoms with Gasteiger partial charge < -0.3 is 4.57 Å². The molecule has 1 aromatic carbocycles. The van der Waals surface area contributed by atoms with E-state index in [1.165, 1.54) is 28.2 Å². The largest absolute Gasteiger partial charge is 0.319 e. The molecule has 0 N–H and O–H groups in total. The Hall–Kier alpha value is -2.35. The summed E-state index contributed by atoms with van der Waals surface area (Å²) in [6, 6.07) is 12.1. The fourth-order valence-corrected chi connectivity index (χ4v) is 4.55. The van der Waals surface area contributed by atoms with Gasteiger partial charge in [0.2, 0.25) is 0 Å². The molecule has 0 saturated heterocycles. The summed E-state index contributed by atoms with van der Waals surface area (Å²) in [5.74, 6) is -0.304. The van der Waals surface area contributed by atoms with E-state index in [9.17, 15) is 4.79 Å². The lowest BCUT2D eigenvalue weighted by molar-refractivity contribution is 0.0994. The van der Waals surface area contributed by atoms with Crippen molar-refractivity contribution in [2.24, 2.45) is 4.99 Å². The molecule has 0 unspecified atom stereocenters. The second-order valence-electron chi connectivity index (χ2n) is 5.27. The maximum absolute atomic E-state index is 12.5. The molecule has 0 atom stereocenters. The smallest absolute Gasteiger partial charge is 0.299 e. The Balaban J connectivity index is 1.59. The molecule has 124 valence electrons. The van der Waals surface area contributed by atoms with Crippen molar-refractivity contribution in [1.82, 2.24) is 9.55 Å². The Bertz CT molecular complexity index is 1040. The highest BCUT2D eigenvalue weighted by molar-refractivity contribution is 7.14. The van der Waals surface area contributed by atoms with Gasteiger partial charge in [-0.15, -0.1) is 22.7 Å². The van der Waals surface area contributed by atoms with E-state index >= 15 is 0 Å². The van der Waals surface area contributed by atoms with Crippen LogP contribution in [0.2, 0.25) is 0 Å². The number of thiazole rings is 2. The van der Waals surface area contributed by atoms with E-state index in [0.29, 0.717) is 17.0 Å². The number of benzene rings is 1. The SMILES string of the molecule is O=C(N=c1sccn1Cc1ccccc1)c1csc(-c2ccsc2)n1. The van der Waals surface area contributed by atoms with Gasteiger partial charge in [-0.1, -0.05) is 30.3 Å². The van der Waals surface area contributed by atoms with Crippen molar-refractivity contribution < 1.29 is 4.79 Å². The lowest BCUT2D eigenvalue weighted by Gasteiger charge is -2.02. The summed E-state index contributed by atoms with van der Waals surface area (Å²) in [5, 5.41) is 8.59. The number of thiophene rings is 1. The molecule has 3 aromatic heterocycles. The third-order valence-corrected chi connectivity index (χ3v) is 5.91. The minimum absolute atomic E-state index is 0.304. The number of amides is 1. The average molecular weight is 384 g/mol. The number of carbonyl (C=O) groups is 1. The second kappa shape index (κ2) is 7.26. The monoisotopic (exact) mass is 383 g/mol. The van der Waals surface area contributed by atoms with Crippen molar-refractivity contribution in [1.29, 1.82) is 0 Å². The molecule has 4 rings (SSSR count). The molecule has 4 aromatic rings. The summed E-state index contributed by atoms with van der Waals surface area (Å²) < 4.78 is 1.98. The summed E-state index contributed by atoms with van der Waals surface area (Å²) in [6.45, 7) is 0.688. The molecule has 3 heterocycles. The lowest BCUT2D eigenvalue weighted by atomic mass is 10.2. The van der Waals surface area contributed by atoms with Gasteiger partial charge in [-0.3, -0.25) is 4.79 Å². The van der Waals surface area contributed by atoms with E-state index in [0.717, 1.165) is 10.6 Å². The summed E-state index contributed by atoms with van der Waals surface area (Å²) in [7, 11) is 0. The number of nitrogens with zero attached hydrogens (tertiary/aromatic N) is 3. The Morgan fingerprint density at radius 3 is 2.76 bits per heavy atom. The Morgan fingerprint density at radius 1 is 1.08 bits per heavy atom. The molecule has 0 bridgehead atoms. The van der Waals surface area contributed by atoms with Gasteiger partial charge in [0.1, 0.15) is 10.7 Å². The van der Waals surface area contributed by atoms with Crippen LogP contribution < -0.4 is 4.80 Å². The van der Waals surface area contributed by atoms with Crippen molar-refractivity contribution in [3.05, 3.63) is 80.2 Å². The van der Waals surface area contributed by atoms with E-state index < -0.39 is 0 Å². The van der Waals surface area contributed by atoms with Gasteiger partial charge in [0.05, 0.1) is 0 Å². The lowest BCUT2D eigenvalue weighted by Crippen LogP contribution is -2.17. The zero-order valence-electron chi connectivity index (χ0n) is 13.0. The molecule has 0 aliphatic carbocycles. The first-order chi connectivity index (χ1) is 12.3. The van der Waals surface area contributed by atoms with Gasteiger partial charge in [-0.25, -0.2) is 4.98 Å². The molecule has 0 radical (unpaired) electrons. The highest BCUT2D eigenvalue weighted by atomic mass is 32.1. The molecule has 0 aliphatic heterocycles. The molecule has 0 fully saturated rings. The summed E-state index contributed by atoms with van der Waals surface area (Å²) in [6.07, 6.45) is 1.95. The topological polar surface area (TPSA) is 47.2 Å². The van der Waals surface area contributed by atoms with Gasteiger partial charge >= 0.3 is 0 Å². The predicted molar refractivity (Wildman–Crippen MR) is 103 cm³/mol. The van der Waals surface area contributed by atoms with E-state index in [1.807, 2.05) is 51.2 Å². The van der Waals surface area contributed by atoms with Crippen LogP contribution in [0.5, 0.6) is 0 Å². The van der Waals surface area contributed by atoms with Gasteiger partial charge in [0.15, 0.2) is 4.80 Å². The molecule has 0 saturated carbocycles. The van der Waals surface area contributed by atoms with Crippen LogP contribution in [-0.2, 0) is 6.54 Å². The number of rotatable bonds is 4. The summed E-state index contributed by atoms with van der Waals surface area (Å²) in [4.78, 5) is 21.8. The fourth-order valence-electron chi connectivity index (χ4n) is 2.32. The third kappa shape index (κ3) is 3.68. The van der Waals surface area contributed by atoms with E-state index in [2.05, 4.69) is 22.1 Å². The van der Waals surface area contributed by atoms with Crippen LogP contribution >= 0.6 is 34.0 Å². The Labute approximate surface area is 156 Å². The Kier molecular flexibility index (Phi) is 4.69. The van der Waals surface area contributed by atoms with Gasteiger partial charge in [0.25, 0.3) is 5.91 Å². The molecular formula is C18H13N3OS3. The first-order valence-corrected chi connectivity index (χ1v) is 10.2. The van der Waals surface area contributed by atoms with Crippen LogP contribution in [0.15, 0.2) is 69.1 Å². The van der Waals surface area contributed by atoms with Crippen LogP contribution in [0.3, 0.4) is 0 Å². The number of aromatic nitrogens is 2. The molecule has 0 aliphatic rings. The second-order valence-corrected chi connectivity index (χ2v) is 7.78. The third-order valence-electron chi connectivity index (χ3n) is 3.54. The van der Waals surface area contributed by atoms with Crippen LogP contribution in [0, 0.1) is 0 Å². The molecule has 25 heavy (non-hydrogen) atoms. The number of carbonyl (C=O) groups excluding carboxylic acids is 1. The van der Waals surface area contributed by atoms with Crippen LogP contribution in [0.1, 0.15) is 16.1 Å². The molecular weight excluding hydrogens is 370 g/mol. The summed E-state index contributed by atoms with van der Waals surface area (Å²) in [5.41, 5.74) is 2.61. The Morgan fingerprint density at radius 2 is 1.96 bits per heavy atom. The first kappa shape index (κ1) is 16.1. The molecule has 4 nitrogen and oxygen atoms in total. The summed E-state index contributed by atoms with van der Waals surface area (Å²) >= 11 is 4.53. The number of hydrogen-bond donors (Lipinski definition) is 0. The van der Waals surface area contributed by atoms with E-state index in [4.69, 9.17) is 0 Å². The van der Waals surface area contributed by atoms with Gasteiger partial charge in [0, 0.05) is 34.4 Å². The minimum atomic E-state index is -0.304. The van der Waals surface area contributed by atoms with Crippen LogP contribution in [-0.4, -0.2) is 15.5 Å². The zero-order chi connectivity index (χ0) is 17.1. The van der Waals surface area contributed by atoms with Gasteiger partial charge in [-0.2, -0.15) is 16.3 Å². The van der Waals surface area contributed by atoms with Crippen LogP contribution in [0.4, 0.5) is 0 Å². The maximum atomic E-state index is 12.5. The van der Waals surface area contributed by atoms with Crippen molar-refractivity contribution in [3.63, 3.8) is 0 Å². The molecule has 0 spiro atoms. The minimum Gasteiger partial charge on any atom is -0.319 e. The quantitative estimate of drug-likeness (QED) is 0.520. The van der Waals surface area contributed by atoms with Crippen molar-refractivity contribution in [2.45, 2.75) is 6.54 Å². The fraction of sp³-hybridized carbons (Fsp3) is 0.0556. The van der Waals surface area contributed by atoms with Crippen LogP contribution in [0.25, 0.3) is 10.6 Å². The van der Waals surface area contributed by atoms with Crippen molar-refractivity contribution >= 4 is 39.9 Å². The standard InChI is InChI=1S/C18H13N3OS3/c22-16(15-12-25-17(19-15)14-6-8-23-11-14)20-18-21(7-9-24-18)10-13-4-2-1-3-5-13/h1-9,11-12H,10H2.